The van der Waals surface area contributed by atoms with E-state index in [9.17, 15) is 9.18 Å². The molecule has 1 aromatic rings. The molecule has 1 aromatic heterocycles. The smallest absolute Gasteiger partial charge is 0.306 e. The fraction of sp³-hybridized carbons (Fsp3) is 0.556. The molecule has 78 valence electrons. The van der Waals surface area contributed by atoms with E-state index in [0.717, 1.165) is 0 Å². The van der Waals surface area contributed by atoms with Crippen molar-refractivity contribution in [1.82, 2.24) is 4.98 Å². The molecule has 0 fully saturated rings. The van der Waals surface area contributed by atoms with Gasteiger partial charge in [0.15, 0.2) is 0 Å². The van der Waals surface area contributed by atoms with Gasteiger partial charge in [-0.2, -0.15) is 0 Å². The number of aryl methyl sites for hydroxylation is 1. The highest BCUT2D eigenvalue weighted by Crippen LogP contribution is 2.21. The Kier molecular flexibility index (Phi) is 3.57. The van der Waals surface area contributed by atoms with Crippen molar-refractivity contribution >= 4 is 17.3 Å². The third-order valence-electron chi connectivity index (χ3n) is 1.96. The van der Waals surface area contributed by atoms with Gasteiger partial charge >= 0.3 is 5.97 Å². The van der Waals surface area contributed by atoms with Crippen LogP contribution in [0.25, 0.3) is 0 Å². The van der Waals surface area contributed by atoms with Gasteiger partial charge < -0.3 is 5.11 Å². The zero-order chi connectivity index (χ0) is 10.7. The van der Waals surface area contributed by atoms with Crippen LogP contribution in [-0.2, 0) is 17.9 Å². The molecule has 1 unspecified atom stereocenters. The summed E-state index contributed by atoms with van der Waals surface area (Å²) >= 11 is 1.26. The van der Waals surface area contributed by atoms with Crippen molar-refractivity contribution in [1.29, 1.82) is 0 Å². The van der Waals surface area contributed by atoms with Crippen LogP contribution >= 0.6 is 11.3 Å². The third-order valence-corrected chi connectivity index (χ3v) is 3.11. The quantitative estimate of drug-likeness (QED) is 0.841. The zero-order valence-corrected chi connectivity index (χ0v) is 8.90. The number of nitrogens with zero attached hydrogens (tertiary/aromatic N) is 1. The molecule has 0 spiro atoms. The number of carbonyl (C=O) groups is 1. The summed E-state index contributed by atoms with van der Waals surface area (Å²) in [5.74, 6) is -1.31. The van der Waals surface area contributed by atoms with E-state index in [1.807, 2.05) is 0 Å². The Bertz CT molecular complexity index is 338. The van der Waals surface area contributed by atoms with Gasteiger partial charge in [0.2, 0.25) is 0 Å². The number of hydrogen-bond acceptors (Lipinski definition) is 3. The van der Waals surface area contributed by atoms with E-state index >= 15 is 0 Å². The second kappa shape index (κ2) is 4.50. The number of rotatable bonds is 4. The minimum Gasteiger partial charge on any atom is -0.481 e. The van der Waals surface area contributed by atoms with E-state index in [-0.39, 0.29) is 0 Å². The Labute approximate surface area is 85.6 Å². The molecular formula is C9H12FNO2S. The number of aromatic nitrogens is 1. The summed E-state index contributed by atoms with van der Waals surface area (Å²) in [6, 6.07) is 0. The number of alkyl halides is 1. The normalized spacial score (nSPS) is 12.8. The van der Waals surface area contributed by atoms with Crippen LogP contribution in [0.2, 0.25) is 0 Å². The molecule has 0 aliphatic heterocycles. The number of aliphatic carboxylic acids is 1. The van der Waals surface area contributed by atoms with E-state index in [0.29, 0.717) is 22.0 Å². The van der Waals surface area contributed by atoms with E-state index in [1.165, 1.54) is 11.3 Å². The summed E-state index contributed by atoms with van der Waals surface area (Å²) in [4.78, 5) is 15.3. The number of carboxylic acids is 1. The molecule has 0 amide bonds. The van der Waals surface area contributed by atoms with Gasteiger partial charge in [0, 0.05) is 6.42 Å². The van der Waals surface area contributed by atoms with Gasteiger partial charge in [-0.15, -0.1) is 11.3 Å². The van der Waals surface area contributed by atoms with Gasteiger partial charge in [-0.3, -0.25) is 4.79 Å². The summed E-state index contributed by atoms with van der Waals surface area (Å²) in [6.07, 6.45) is 0.376. The van der Waals surface area contributed by atoms with Crippen LogP contribution in [0.5, 0.6) is 0 Å². The van der Waals surface area contributed by atoms with E-state index in [4.69, 9.17) is 5.11 Å². The fourth-order valence-electron chi connectivity index (χ4n) is 1.05. The minimum absolute atomic E-state index is 0.376. The van der Waals surface area contributed by atoms with Crippen LogP contribution in [0.4, 0.5) is 4.39 Å². The summed E-state index contributed by atoms with van der Waals surface area (Å²) in [5, 5.41) is 9.38. The Hall–Kier alpha value is -0.970. The maximum Gasteiger partial charge on any atom is 0.306 e. The molecule has 0 aliphatic carbocycles. The Morgan fingerprint density at radius 1 is 1.71 bits per heavy atom. The predicted octanol–water partition coefficient (Wildman–Crippen LogP) is 2.18. The van der Waals surface area contributed by atoms with Gasteiger partial charge in [0.25, 0.3) is 0 Å². The minimum atomic E-state index is -0.848. The van der Waals surface area contributed by atoms with Crippen molar-refractivity contribution in [3.05, 3.63) is 15.6 Å². The van der Waals surface area contributed by atoms with Crippen LogP contribution in [0.3, 0.4) is 0 Å². The molecule has 1 heterocycles. The van der Waals surface area contributed by atoms with Crippen molar-refractivity contribution in [2.45, 2.75) is 26.9 Å². The van der Waals surface area contributed by atoms with E-state index in [1.54, 1.807) is 13.8 Å². The molecular weight excluding hydrogens is 205 g/mol. The standard InChI is InChI=1S/C9H12FNO2S/c1-5(9(12)13)3-8-11-6(2)7(4-10)14-8/h5H,3-4H2,1-2H3,(H,12,13). The molecule has 0 aliphatic rings. The average Bonchev–Trinajstić information content (AvgIpc) is 2.45. The highest BCUT2D eigenvalue weighted by atomic mass is 32.1. The van der Waals surface area contributed by atoms with Crippen molar-refractivity contribution in [2.75, 3.05) is 0 Å². The van der Waals surface area contributed by atoms with Crippen molar-refractivity contribution in [2.24, 2.45) is 5.92 Å². The zero-order valence-electron chi connectivity index (χ0n) is 8.08. The number of carboxylic acid groups (broad SMARTS) is 1. The maximum atomic E-state index is 12.3. The van der Waals surface area contributed by atoms with Crippen LogP contribution in [0, 0.1) is 12.8 Å². The largest absolute Gasteiger partial charge is 0.481 e. The molecule has 5 heteroatoms. The van der Waals surface area contributed by atoms with Gasteiger partial charge in [0.05, 0.1) is 21.5 Å². The van der Waals surface area contributed by atoms with Gasteiger partial charge in [-0.1, -0.05) is 6.92 Å². The molecule has 0 radical (unpaired) electrons. The second-order valence-corrected chi connectivity index (χ2v) is 4.36. The lowest BCUT2D eigenvalue weighted by Crippen LogP contribution is -2.11. The van der Waals surface area contributed by atoms with Gasteiger partial charge in [-0.05, 0) is 6.92 Å². The first-order chi connectivity index (χ1) is 6.54. The lowest BCUT2D eigenvalue weighted by Gasteiger charge is -2.01. The monoisotopic (exact) mass is 217 g/mol. The Balaban J connectivity index is 2.72. The van der Waals surface area contributed by atoms with E-state index in [2.05, 4.69) is 4.98 Å². The highest BCUT2D eigenvalue weighted by Gasteiger charge is 2.15. The molecule has 1 atom stereocenters. The first-order valence-electron chi connectivity index (χ1n) is 4.28. The summed E-state index contributed by atoms with van der Waals surface area (Å²) in [6.45, 7) is 2.83. The third kappa shape index (κ3) is 2.51. The lowest BCUT2D eigenvalue weighted by atomic mass is 10.1. The predicted molar refractivity (Wildman–Crippen MR) is 52.2 cm³/mol. The number of halogens is 1. The molecule has 0 saturated heterocycles. The number of hydrogen-bond donors (Lipinski definition) is 1. The lowest BCUT2D eigenvalue weighted by molar-refractivity contribution is -0.141. The van der Waals surface area contributed by atoms with Crippen molar-refractivity contribution < 1.29 is 14.3 Å². The van der Waals surface area contributed by atoms with Crippen LogP contribution in [0.1, 0.15) is 22.5 Å². The summed E-state index contributed by atoms with van der Waals surface area (Å²) < 4.78 is 12.3. The number of thiazole rings is 1. The van der Waals surface area contributed by atoms with Gasteiger partial charge in [-0.25, -0.2) is 9.37 Å². The average molecular weight is 217 g/mol. The molecule has 14 heavy (non-hydrogen) atoms. The molecule has 0 saturated carbocycles. The fourth-order valence-corrected chi connectivity index (χ4v) is 2.10. The Morgan fingerprint density at radius 2 is 2.36 bits per heavy atom. The molecule has 1 rings (SSSR count). The Morgan fingerprint density at radius 3 is 2.79 bits per heavy atom. The van der Waals surface area contributed by atoms with Crippen molar-refractivity contribution in [3.63, 3.8) is 0 Å². The first-order valence-corrected chi connectivity index (χ1v) is 5.10. The van der Waals surface area contributed by atoms with Crippen LogP contribution in [-0.4, -0.2) is 16.1 Å². The maximum absolute atomic E-state index is 12.3. The molecule has 0 bridgehead atoms. The first kappa shape index (κ1) is 11.1. The molecule has 1 N–H and O–H groups in total. The second-order valence-electron chi connectivity index (χ2n) is 3.19. The van der Waals surface area contributed by atoms with Crippen molar-refractivity contribution in [3.8, 4) is 0 Å². The topological polar surface area (TPSA) is 50.2 Å². The molecule has 3 nitrogen and oxygen atoms in total. The summed E-state index contributed by atoms with van der Waals surface area (Å²) in [7, 11) is 0. The summed E-state index contributed by atoms with van der Waals surface area (Å²) in [5.41, 5.74) is 0.671. The molecule has 0 aromatic carbocycles. The van der Waals surface area contributed by atoms with Crippen LogP contribution in [0.15, 0.2) is 0 Å². The van der Waals surface area contributed by atoms with Gasteiger partial charge in [0.1, 0.15) is 6.67 Å². The van der Waals surface area contributed by atoms with Crippen LogP contribution < -0.4 is 0 Å². The van der Waals surface area contributed by atoms with E-state index < -0.39 is 18.6 Å². The SMILES string of the molecule is Cc1nc(CC(C)C(=O)O)sc1CF. The highest BCUT2D eigenvalue weighted by molar-refractivity contribution is 7.11.